The van der Waals surface area contributed by atoms with Gasteiger partial charge in [-0.3, -0.25) is 4.79 Å². The van der Waals surface area contributed by atoms with Crippen molar-refractivity contribution in [1.29, 1.82) is 0 Å². The fraction of sp³-hybridized carbons (Fsp3) is 0.0588. The Morgan fingerprint density at radius 3 is 2.17 bits per heavy atom. The minimum Gasteiger partial charge on any atom is -0.298 e. The topological polar surface area (TPSA) is 34.9 Å². The third kappa shape index (κ3) is 2.92. The summed E-state index contributed by atoms with van der Waals surface area (Å²) in [6.07, 6.45) is -4.56. The van der Waals surface area contributed by atoms with Gasteiger partial charge < -0.3 is 0 Å². The number of carbonyl (C=O) groups is 1. The van der Waals surface area contributed by atoms with Crippen LogP contribution in [0.2, 0.25) is 5.02 Å². The van der Waals surface area contributed by atoms with E-state index < -0.39 is 17.4 Å². The zero-order chi connectivity index (χ0) is 17.3. The van der Waals surface area contributed by atoms with Gasteiger partial charge in [0.1, 0.15) is 0 Å². The van der Waals surface area contributed by atoms with Gasteiger partial charge in [-0.1, -0.05) is 41.9 Å². The first-order chi connectivity index (χ1) is 11.4. The summed E-state index contributed by atoms with van der Waals surface area (Å²) in [4.78, 5) is 11.4. The molecule has 3 nitrogen and oxygen atoms in total. The molecule has 3 rings (SSSR count). The lowest BCUT2D eigenvalue weighted by Gasteiger charge is -2.08. The number of halogens is 4. The van der Waals surface area contributed by atoms with Crippen molar-refractivity contribution in [2.45, 2.75) is 6.18 Å². The van der Waals surface area contributed by atoms with Gasteiger partial charge in [0.2, 0.25) is 0 Å². The van der Waals surface area contributed by atoms with Crippen LogP contribution in [0.5, 0.6) is 0 Å². The number of aromatic nitrogens is 2. The molecule has 3 aromatic rings. The lowest BCUT2D eigenvalue weighted by atomic mass is 10.1. The van der Waals surface area contributed by atoms with E-state index in [9.17, 15) is 18.0 Å². The fourth-order valence-corrected chi connectivity index (χ4v) is 2.52. The highest BCUT2D eigenvalue weighted by atomic mass is 35.5. The number of rotatable bonds is 3. The summed E-state index contributed by atoms with van der Waals surface area (Å²) in [6, 6.07) is 14.5. The van der Waals surface area contributed by atoms with Gasteiger partial charge in [-0.2, -0.15) is 18.3 Å². The Morgan fingerprint density at radius 1 is 1.00 bits per heavy atom. The molecule has 0 aliphatic heterocycles. The summed E-state index contributed by atoms with van der Waals surface area (Å²) in [5, 5.41) is 4.09. The highest BCUT2D eigenvalue weighted by Gasteiger charge is 2.39. The molecule has 0 spiro atoms. The van der Waals surface area contributed by atoms with Gasteiger partial charge in [0.05, 0.1) is 16.9 Å². The first-order valence-electron chi connectivity index (χ1n) is 6.88. The minimum atomic E-state index is -4.74. The number of hydrogen-bond acceptors (Lipinski definition) is 2. The van der Waals surface area contributed by atoms with Crippen LogP contribution in [0.25, 0.3) is 16.9 Å². The average Bonchev–Trinajstić information content (AvgIpc) is 2.96. The van der Waals surface area contributed by atoms with Crippen LogP contribution >= 0.6 is 11.6 Å². The Balaban J connectivity index is 2.34. The quantitative estimate of drug-likeness (QED) is 0.621. The van der Waals surface area contributed by atoms with Crippen molar-refractivity contribution >= 4 is 17.9 Å². The molecule has 24 heavy (non-hydrogen) atoms. The normalized spacial score (nSPS) is 11.5. The second kappa shape index (κ2) is 6.13. The average molecular weight is 351 g/mol. The summed E-state index contributed by atoms with van der Waals surface area (Å²) < 4.78 is 40.9. The zero-order valence-corrected chi connectivity index (χ0v) is 12.8. The molecule has 0 bridgehead atoms. The van der Waals surface area contributed by atoms with Crippen LogP contribution in [0.1, 0.15) is 16.1 Å². The van der Waals surface area contributed by atoms with E-state index in [0.717, 1.165) is 4.68 Å². The monoisotopic (exact) mass is 350 g/mol. The molecule has 0 amide bonds. The molecular formula is C17H10ClF3N2O. The standard InChI is InChI=1S/C17H10ClF3N2O/c18-12-8-6-11(7-9-12)15-14(10-24)16(17(19,20)21)22-23(15)13-4-2-1-3-5-13/h1-10H. The van der Waals surface area contributed by atoms with Crippen LogP contribution in [0.15, 0.2) is 54.6 Å². The molecule has 0 aliphatic rings. The van der Waals surface area contributed by atoms with E-state index in [1.165, 1.54) is 0 Å². The Bertz CT molecular complexity index is 871. The molecule has 0 fully saturated rings. The highest BCUT2D eigenvalue weighted by molar-refractivity contribution is 6.30. The number of aldehydes is 1. The molecule has 0 saturated carbocycles. The predicted molar refractivity (Wildman–Crippen MR) is 84.4 cm³/mol. The van der Waals surface area contributed by atoms with Crippen molar-refractivity contribution in [3.63, 3.8) is 0 Å². The summed E-state index contributed by atoms with van der Waals surface area (Å²) in [6.45, 7) is 0. The van der Waals surface area contributed by atoms with Crippen LogP contribution < -0.4 is 0 Å². The highest BCUT2D eigenvalue weighted by Crippen LogP contribution is 2.37. The largest absolute Gasteiger partial charge is 0.435 e. The number of nitrogens with zero attached hydrogens (tertiary/aromatic N) is 2. The molecule has 0 atom stereocenters. The van der Waals surface area contributed by atoms with E-state index in [2.05, 4.69) is 5.10 Å². The summed E-state index contributed by atoms with van der Waals surface area (Å²) in [5.74, 6) is 0. The molecule has 0 radical (unpaired) electrons. The summed E-state index contributed by atoms with van der Waals surface area (Å²) >= 11 is 5.84. The molecule has 122 valence electrons. The molecule has 2 aromatic carbocycles. The SMILES string of the molecule is O=Cc1c(C(F)(F)F)nn(-c2ccccc2)c1-c1ccc(Cl)cc1. The second-order valence-corrected chi connectivity index (χ2v) is 5.42. The van der Waals surface area contributed by atoms with Gasteiger partial charge in [-0.05, 0) is 24.3 Å². The Hall–Kier alpha value is -2.60. The fourth-order valence-electron chi connectivity index (χ4n) is 2.39. The lowest BCUT2D eigenvalue weighted by molar-refractivity contribution is -0.141. The van der Waals surface area contributed by atoms with Crippen molar-refractivity contribution in [1.82, 2.24) is 9.78 Å². The van der Waals surface area contributed by atoms with Gasteiger partial charge in [-0.25, -0.2) is 4.68 Å². The number of alkyl halides is 3. The molecule has 1 heterocycles. The van der Waals surface area contributed by atoms with Gasteiger partial charge in [-0.15, -0.1) is 0 Å². The zero-order valence-electron chi connectivity index (χ0n) is 12.1. The van der Waals surface area contributed by atoms with Crippen LogP contribution in [0, 0.1) is 0 Å². The number of para-hydroxylation sites is 1. The number of benzene rings is 2. The van der Waals surface area contributed by atoms with Gasteiger partial charge in [0.15, 0.2) is 12.0 Å². The van der Waals surface area contributed by atoms with E-state index in [1.54, 1.807) is 54.6 Å². The third-order valence-corrected chi connectivity index (χ3v) is 3.68. The van der Waals surface area contributed by atoms with Crippen LogP contribution in [-0.2, 0) is 6.18 Å². The van der Waals surface area contributed by atoms with E-state index in [1.807, 2.05) is 0 Å². The Morgan fingerprint density at radius 2 is 1.62 bits per heavy atom. The van der Waals surface area contributed by atoms with Crippen molar-refractivity contribution in [2.75, 3.05) is 0 Å². The minimum absolute atomic E-state index is 0.0696. The second-order valence-electron chi connectivity index (χ2n) is 4.98. The maximum absolute atomic E-state index is 13.3. The number of carbonyl (C=O) groups excluding carboxylic acids is 1. The van der Waals surface area contributed by atoms with Crippen molar-refractivity contribution in [3.05, 3.63) is 70.9 Å². The maximum Gasteiger partial charge on any atom is 0.435 e. The first-order valence-corrected chi connectivity index (χ1v) is 7.26. The smallest absolute Gasteiger partial charge is 0.298 e. The van der Waals surface area contributed by atoms with Gasteiger partial charge in [0, 0.05) is 10.6 Å². The third-order valence-electron chi connectivity index (χ3n) is 3.43. The molecule has 1 aromatic heterocycles. The van der Waals surface area contributed by atoms with Crippen molar-refractivity contribution in [2.24, 2.45) is 0 Å². The van der Waals surface area contributed by atoms with Crippen molar-refractivity contribution in [3.8, 4) is 16.9 Å². The van der Waals surface area contributed by atoms with Crippen LogP contribution in [0.4, 0.5) is 13.2 Å². The maximum atomic E-state index is 13.3. The van der Waals surface area contributed by atoms with Gasteiger partial charge >= 0.3 is 6.18 Å². The Kier molecular flexibility index (Phi) is 4.15. The van der Waals surface area contributed by atoms with E-state index >= 15 is 0 Å². The van der Waals surface area contributed by atoms with E-state index in [-0.39, 0.29) is 12.0 Å². The summed E-state index contributed by atoms with van der Waals surface area (Å²) in [7, 11) is 0. The van der Waals surface area contributed by atoms with Crippen LogP contribution in [0.3, 0.4) is 0 Å². The van der Waals surface area contributed by atoms with Gasteiger partial charge in [0.25, 0.3) is 0 Å². The molecular weight excluding hydrogens is 341 g/mol. The lowest BCUT2D eigenvalue weighted by Crippen LogP contribution is -2.09. The molecule has 0 aliphatic carbocycles. The molecule has 0 N–H and O–H groups in total. The van der Waals surface area contributed by atoms with Crippen molar-refractivity contribution < 1.29 is 18.0 Å². The molecule has 0 unspecified atom stereocenters. The number of hydrogen-bond donors (Lipinski definition) is 0. The van der Waals surface area contributed by atoms with Crippen LogP contribution in [-0.4, -0.2) is 16.1 Å². The Labute approximate surface area is 140 Å². The summed E-state index contributed by atoms with van der Waals surface area (Å²) in [5.41, 5.74) is -0.824. The predicted octanol–water partition coefficient (Wildman–Crippen LogP) is 5.02. The van der Waals surface area contributed by atoms with E-state index in [0.29, 0.717) is 16.3 Å². The molecule has 7 heteroatoms. The van der Waals surface area contributed by atoms with E-state index in [4.69, 9.17) is 11.6 Å². The molecule has 0 saturated heterocycles. The first kappa shape index (κ1) is 16.3.